The predicted octanol–water partition coefficient (Wildman–Crippen LogP) is 2.78. The number of rotatable bonds is 8. The molecule has 1 aromatic carbocycles. The van der Waals surface area contributed by atoms with E-state index in [4.69, 9.17) is 16.3 Å². The summed E-state index contributed by atoms with van der Waals surface area (Å²) in [6, 6.07) is 7.88. The maximum atomic E-state index is 9.83. The standard InChI is InChI=1S/C15H22ClNO2/c1-11(14-4-2-3-5-15(14)16)17-8-13(18)10-19-9-12-6-7-12/h2-5,11-13,17-18H,6-10H2,1H3/t11-,13?/m0/s1. The Morgan fingerprint density at radius 2 is 2.16 bits per heavy atom. The summed E-state index contributed by atoms with van der Waals surface area (Å²) < 4.78 is 5.47. The molecule has 1 unspecified atom stereocenters. The zero-order valence-electron chi connectivity index (χ0n) is 11.3. The summed E-state index contributed by atoms with van der Waals surface area (Å²) in [5, 5.41) is 13.9. The van der Waals surface area contributed by atoms with Crippen molar-refractivity contribution < 1.29 is 9.84 Å². The number of benzene rings is 1. The van der Waals surface area contributed by atoms with Crippen molar-refractivity contribution in [2.24, 2.45) is 5.92 Å². The summed E-state index contributed by atoms with van der Waals surface area (Å²) in [7, 11) is 0. The van der Waals surface area contributed by atoms with Gasteiger partial charge >= 0.3 is 0 Å². The van der Waals surface area contributed by atoms with Gasteiger partial charge in [0, 0.05) is 24.2 Å². The van der Waals surface area contributed by atoms with Crippen LogP contribution in [0.4, 0.5) is 0 Å². The normalized spacial score (nSPS) is 18.3. The molecule has 2 atom stereocenters. The summed E-state index contributed by atoms with van der Waals surface area (Å²) in [6.45, 7) is 3.74. The second kappa shape index (κ2) is 7.25. The molecule has 3 nitrogen and oxygen atoms in total. The Morgan fingerprint density at radius 1 is 1.42 bits per heavy atom. The minimum Gasteiger partial charge on any atom is -0.389 e. The van der Waals surface area contributed by atoms with Gasteiger partial charge < -0.3 is 15.2 Å². The second-order valence-electron chi connectivity index (χ2n) is 5.29. The molecule has 19 heavy (non-hydrogen) atoms. The van der Waals surface area contributed by atoms with E-state index in [0.29, 0.717) is 13.2 Å². The molecule has 1 aliphatic carbocycles. The summed E-state index contributed by atoms with van der Waals surface area (Å²) >= 11 is 6.13. The van der Waals surface area contributed by atoms with E-state index < -0.39 is 6.10 Å². The van der Waals surface area contributed by atoms with Crippen LogP contribution in [0.2, 0.25) is 5.02 Å². The van der Waals surface area contributed by atoms with E-state index in [1.807, 2.05) is 31.2 Å². The van der Waals surface area contributed by atoms with E-state index in [0.717, 1.165) is 23.1 Å². The van der Waals surface area contributed by atoms with Gasteiger partial charge in [0.1, 0.15) is 0 Å². The van der Waals surface area contributed by atoms with Gasteiger partial charge in [0.15, 0.2) is 0 Å². The molecule has 2 N–H and O–H groups in total. The Hall–Kier alpha value is -0.610. The SMILES string of the molecule is C[C@H](NCC(O)COCC1CC1)c1ccccc1Cl. The highest BCUT2D eigenvalue weighted by atomic mass is 35.5. The Balaban J connectivity index is 1.67. The summed E-state index contributed by atoms with van der Waals surface area (Å²) in [5.74, 6) is 0.738. The first-order valence-corrected chi connectivity index (χ1v) is 7.28. The molecule has 0 heterocycles. The molecule has 1 aliphatic rings. The van der Waals surface area contributed by atoms with Gasteiger partial charge in [-0.3, -0.25) is 0 Å². The van der Waals surface area contributed by atoms with Crippen molar-refractivity contribution in [3.63, 3.8) is 0 Å². The van der Waals surface area contributed by atoms with Crippen molar-refractivity contribution in [2.45, 2.75) is 31.9 Å². The third-order valence-electron chi connectivity index (χ3n) is 3.39. The van der Waals surface area contributed by atoms with Gasteiger partial charge in [0.05, 0.1) is 12.7 Å². The van der Waals surface area contributed by atoms with E-state index in [9.17, 15) is 5.11 Å². The maximum Gasteiger partial charge on any atom is 0.0897 e. The first-order valence-electron chi connectivity index (χ1n) is 6.90. The van der Waals surface area contributed by atoms with Crippen LogP contribution in [0.15, 0.2) is 24.3 Å². The van der Waals surface area contributed by atoms with Crippen LogP contribution >= 0.6 is 11.6 Å². The fraction of sp³-hybridized carbons (Fsp3) is 0.600. The lowest BCUT2D eigenvalue weighted by Gasteiger charge is -2.18. The highest BCUT2D eigenvalue weighted by molar-refractivity contribution is 6.31. The largest absolute Gasteiger partial charge is 0.389 e. The van der Waals surface area contributed by atoms with E-state index in [1.54, 1.807) is 0 Å². The van der Waals surface area contributed by atoms with Crippen LogP contribution in [0.3, 0.4) is 0 Å². The molecule has 0 saturated heterocycles. The predicted molar refractivity (Wildman–Crippen MR) is 77.4 cm³/mol. The third-order valence-corrected chi connectivity index (χ3v) is 3.74. The number of hydrogen-bond acceptors (Lipinski definition) is 3. The summed E-state index contributed by atoms with van der Waals surface area (Å²) in [5.41, 5.74) is 1.05. The minimum absolute atomic E-state index is 0.117. The number of halogens is 1. The quantitative estimate of drug-likeness (QED) is 0.771. The van der Waals surface area contributed by atoms with Gasteiger partial charge in [-0.2, -0.15) is 0 Å². The molecule has 1 aromatic rings. The molecular weight excluding hydrogens is 262 g/mol. The minimum atomic E-state index is -0.469. The second-order valence-corrected chi connectivity index (χ2v) is 5.69. The lowest BCUT2D eigenvalue weighted by atomic mass is 10.1. The number of hydrogen-bond donors (Lipinski definition) is 2. The topological polar surface area (TPSA) is 41.5 Å². The highest BCUT2D eigenvalue weighted by Gasteiger charge is 2.21. The molecule has 0 aromatic heterocycles. The molecular formula is C15H22ClNO2. The zero-order chi connectivity index (χ0) is 13.7. The average Bonchev–Trinajstić information content (AvgIpc) is 3.20. The number of ether oxygens (including phenoxy) is 1. The molecule has 0 spiro atoms. The van der Waals surface area contributed by atoms with Gasteiger partial charge in [-0.1, -0.05) is 29.8 Å². The average molecular weight is 284 g/mol. The Morgan fingerprint density at radius 3 is 2.84 bits per heavy atom. The van der Waals surface area contributed by atoms with Gasteiger partial charge in [-0.25, -0.2) is 0 Å². The van der Waals surface area contributed by atoms with Crippen LogP contribution in [0.25, 0.3) is 0 Å². The van der Waals surface area contributed by atoms with Crippen molar-refractivity contribution in [2.75, 3.05) is 19.8 Å². The van der Waals surface area contributed by atoms with Crippen molar-refractivity contribution in [1.82, 2.24) is 5.32 Å². The van der Waals surface area contributed by atoms with Crippen molar-refractivity contribution in [3.05, 3.63) is 34.9 Å². The van der Waals surface area contributed by atoms with Gasteiger partial charge in [0.25, 0.3) is 0 Å². The first kappa shape index (κ1) is 14.8. The lowest BCUT2D eigenvalue weighted by Crippen LogP contribution is -2.32. The summed E-state index contributed by atoms with van der Waals surface area (Å²) in [4.78, 5) is 0. The molecule has 0 aliphatic heterocycles. The summed E-state index contributed by atoms with van der Waals surface area (Å²) in [6.07, 6.45) is 2.08. The lowest BCUT2D eigenvalue weighted by molar-refractivity contribution is 0.0315. The molecule has 0 amide bonds. The molecule has 4 heteroatoms. The molecule has 0 radical (unpaired) electrons. The Kier molecular flexibility index (Phi) is 5.64. The fourth-order valence-corrected chi connectivity index (χ4v) is 2.26. The van der Waals surface area contributed by atoms with E-state index in [2.05, 4.69) is 5.32 Å². The van der Waals surface area contributed by atoms with E-state index in [1.165, 1.54) is 12.8 Å². The van der Waals surface area contributed by atoms with Crippen molar-refractivity contribution >= 4 is 11.6 Å². The van der Waals surface area contributed by atoms with Crippen molar-refractivity contribution in [1.29, 1.82) is 0 Å². The first-order chi connectivity index (χ1) is 9.16. The van der Waals surface area contributed by atoms with Crippen LogP contribution in [-0.4, -0.2) is 31.0 Å². The monoisotopic (exact) mass is 283 g/mol. The Labute approximate surface area is 119 Å². The van der Waals surface area contributed by atoms with Crippen molar-refractivity contribution in [3.8, 4) is 0 Å². The molecule has 106 valence electrons. The number of aliphatic hydroxyl groups is 1. The van der Waals surface area contributed by atoms with Crippen LogP contribution < -0.4 is 5.32 Å². The molecule has 2 rings (SSSR count). The zero-order valence-corrected chi connectivity index (χ0v) is 12.1. The van der Waals surface area contributed by atoms with Crippen LogP contribution in [0.1, 0.15) is 31.4 Å². The smallest absolute Gasteiger partial charge is 0.0897 e. The molecule has 0 bridgehead atoms. The number of aliphatic hydroxyl groups excluding tert-OH is 1. The molecule has 1 fully saturated rings. The maximum absolute atomic E-state index is 9.83. The van der Waals surface area contributed by atoms with Gasteiger partial charge in [0.2, 0.25) is 0 Å². The van der Waals surface area contributed by atoms with E-state index >= 15 is 0 Å². The van der Waals surface area contributed by atoms with Crippen LogP contribution in [0.5, 0.6) is 0 Å². The molecule has 1 saturated carbocycles. The fourth-order valence-electron chi connectivity index (χ4n) is 1.96. The number of nitrogens with one attached hydrogen (secondary N) is 1. The van der Waals surface area contributed by atoms with E-state index in [-0.39, 0.29) is 6.04 Å². The highest BCUT2D eigenvalue weighted by Crippen LogP contribution is 2.28. The van der Waals surface area contributed by atoms with Crippen LogP contribution in [-0.2, 0) is 4.74 Å². The Bertz CT molecular complexity index is 395. The van der Waals surface area contributed by atoms with Crippen LogP contribution in [0, 0.1) is 5.92 Å². The van der Waals surface area contributed by atoms with Gasteiger partial charge in [-0.15, -0.1) is 0 Å². The third kappa shape index (κ3) is 5.11. The van der Waals surface area contributed by atoms with Gasteiger partial charge in [-0.05, 0) is 37.3 Å².